The van der Waals surface area contributed by atoms with Crippen LogP contribution in [0.25, 0.3) is 0 Å². The molecule has 1 aliphatic rings. The molecule has 23 heavy (non-hydrogen) atoms. The van der Waals surface area contributed by atoms with Crippen LogP contribution in [0, 0.1) is 6.92 Å². The quantitative estimate of drug-likeness (QED) is 0.870. The molecule has 1 amide bonds. The van der Waals surface area contributed by atoms with Gasteiger partial charge in [-0.3, -0.25) is 4.79 Å². The lowest BCUT2D eigenvalue weighted by molar-refractivity contribution is 0.0548. The number of likely N-dealkylation sites (N-methyl/N-ethyl adjacent to an activating group) is 1. The second-order valence-electron chi connectivity index (χ2n) is 6.73. The third-order valence-electron chi connectivity index (χ3n) is 5.22. The van der Waals surface area contributed by atoms with Gasteiger partial charge in [0.1, 0.15) is 5.75 Å². The fraction of sp³-hybridized carbons (Fsp3) is 0.611. The Morgan fingerprint density at radius 2 is 2.00 bits per heavy atom. The van der Waals surface area contributed by atoms with Crippen molar-refractivity contribution in [2.45, 2.75) is 32.2 Å². The molecule has 1 aromatic rings. The van der Waals surface area contributed by atoms with E-state index in [1.165, 1.54) is 0 Å². The van der Waals surface area contributed by atoms with Crippen LogP contribution < -0.4 is 5.32 Å². The Labute approximate surface area is 139 Å². The summed E-state index contributed by atoms with van der Waals surface area (Å²) in [5.74, 6) is 0.123. The van der Waals surface area contributed by atoms with E-state index in [2.05, 4.69) is 36.1 Å². The number of nitrogens with one attached hydrogen (secondary N) is 1. The van der Waals surface area contributed by atoms with Gasteiger partial charge in [0.15, 0.2) is 0 Å². The number of aromatic hydroxyl groups is 1. The highest BCUT2D eigenvalue weighted by molar-refractivity contribution is 5.95. The number of carbonyl (C=O) groups excluding carboxylic acids is 1. The predicted molar refractivity (Wildman–Crippen MR) is 92.9 cm³/mol. The lowest BCUT2D eigenvalue weighted by Gasteiger charge is -2.46. The first kappa shape index (κ1) is 17.8. The molecule has 0 unspecified atom stereocenters. The fourth-order valence-corrected chi connectivity index (χ4v) is 3.31. The Morgan fingerprint density at radius 1 is 1.35 bits per heavy atom. The van der Waals surface area contributed by atoms with Gasteiger partial charge in [-0.2, -0.15) is 0 Å². The van der Waals surface area contributed by atoms with Gasteiger partial charge in [0.05, 0.1) is 0 Å². The molecule has 128 valence electrons. The number of piperidine rings is 1. The van der Waals surface area contributed by atoms with Crippen molar-refractivity contribution >= 4 is 5.91 Å². The number of rotatable bonds is 5. The van der Waals surface area contributed by atoms with Crippen molar-refractivity contribution in [1.29, 1.82) is 0 Å². The number of hydrogen-bond donors (Lipinski definition) is 2. The Hall–Kier alpha value is -1.59. The normalized spacial score (nSPS) is 18.1. The molecule has 0 radical (unpaired) electrons. The van der Waals surface area contributed by atoms with E-state index >= 15 is 0 Å². The molecule has 0 spiro atoms. The van der Waals surface area contributed by atoms with Gasteiger partial charge in [0.2, 0.25) is 0 Å². The number of benzene rings is 1. The summed E-state index contributed by atoms with van der Waals surface area (Å²) >= 11 is 0. The van der Waals surface area contributed by atoms with E-state index in [0.29, 0.717) is 12.1 Å². The Bertz CT molecular complexity index is 549. The highest BCUT2D eigenvalue weighted by atomic mass is 16.3. The minimum Gasteiger partial charge on any atom is -0.508 e. The maximum absolute atomic E-state index is 12.5. The van der Waals surface area contributed by atoms with Gasteiger partial charge in [-0.15, -0.1) is 0 Å². The van der Waals surface area contributed by atoms with Crippen LogP contribution in [-0.4, -0.2) is 66.6 Å². The highest BCUT2D eigenvalue weighted by Gasteiger charge is 2.36. The minimum absolute atomic E-state index is 0.0200. The van der Waals surface area contributed by atoms with E-state index in [9.17, 15) is 9.90 Å². The Kier molecular flexibility index (Phi) is 5.65. The van der Waals surface area contributed by atoms with E-state index in [1.54, 1.807) is 18.2 Å². The summed E-state index contributed by atoms with van der Waals surface area (Å²) in [5, 5.41) is 12.6. The number of likely N-dealkylation sites (tertiary alicyclic amines) is 1. The van der Waals surface area contributed by atoms with E-state index in [0.717, 1.165) is 38.0 Å². The molecule has 5 heteroatoms. The molecule has 1 aromatic carbocycles. The minimum atomic E-state index is -0.0679. The summed E-state index contributed by atoms with van der Waals surface area (Å²) < 4.78 is 0. The molecule has 0 atom stereocenters. The van der Waals surface area contributed by atoms with Crippen LogP contribution in [-0.2, 0) is 0 Å². The standard InChI is InChI=1S/C18H29N3O2/c1-5-21-10-8-18(9-11-21,20(3)4)13-19-17(23)16-7-6-15(22)12-14(16)2/h6-7,12,22H,5,8-11,13H2,1-4H3,(H,19,23). The second kappa shape index (κ2) is 7.32. The van der Waals surface area contributed by atoms with E-state index in [1.807, 2.05) is 6.92 Å². The average molecular weight is 319 g/mol. The SMILES string of the molecule is CCN1CCC(CNC(=O)c2ccc(O)cc2C)(N(C)C)CC1. The number of aryl methyl sites for hydroxylation is 1. The number of phenols is 1. The molecule has 1 fully saturated rings. The first-order valence-corrected chi connectivity index (χ1v) is 8.35. The highest BCUT2D eigenvalue weighted by Crippen LogP contribution is 2.26. The van der Waals surface area contributed by atoms with Gasteiger partial charge >= 0.3 is 0 Å². The van der Waals surface area contributed by atoms with Crippen molar-refractivity contribution in [2.75, 3.05) is 40.3 Å². The molecule has 0 aromatic heterocycles. The van der Waals surface area contributed by atoms with Crippen molar-refractivity contribution in [2.24, 2.45) is 0 Å². The molecule has 5 nitrogen and oxygen atoms in total. The number of phenolic OH excluding ortho intramolecular Hbond substituents is 1. The lowest BCUT2D eigenvalue weighted by atomic mass is 9.86. The number of carbonyl (C=O) groups is 1. The van der Waals surface area contributed by atoms with Crippen molar-refractivity contribution < 1.29 is 9.90 Å². The van der Waals surface area contributed by atoms with E-state index < -0.39 is 0 Å². The largest absolute Gasteiger partial charge is 0.508 e. The van der Waals surface area contributed by atoms with Crippen molar-refractivity contribution in [3.63, 3.8) is 0 Å². The zero-order chi connectivity index (χ0) is 17.0. The second-order valence-corrected chi connectivity index (χ2v) is 6.73. The van der Waals surface area contributed by atoms with Crippen LogP contribution in [0.2, 0.25) is 0 Å². The van der Waals surface area contributed by atoms with Gasteiger partial charge in [0.25, 0.3) is 5.91 Å². The molecular formula is C18H29N3O2. The van der Waals surface area contributed by atoms with Crippen LogP contribution in [0.3, 0.4) is 0 Å². The summed E-state index contributed by atoms with van der Waals surface area (Å²) in [6, 6.07) is 4.86. The molecular weight excluding hydrogens is 290 g/mol. The fourth-order valence-electron chi connectivity index (χ4n) is 3.31. The summed E-state index contributed by atoms with van der Waals surface area (Å²) in [6.45, 7) is 7.92. The van der Waals surface area contributed by atoms with Crippen molar-refractivity contribution in [3.8, 4) is 5.75 Å². The van der Waals surface area contributed by atoms with Crippen LogP contribution in [0.1, 0.15) is 35.7 Å². The zero-order valence-corrected chi connectivity index (χ0v) is 14.7. The third-order valence-corrected chi connectivity index (χ3v) is 5.22. The Balaban J connectivity index is 2.03. The van der Waals surface area contributed by atoms with Crippen LogP contribution in [0.5, 0.6) is 5.75 Å². The number of nitrogens with zero attached hydrogens (tertiary/aromatic N) is 2. The molecule has 0 saturated carbocycles. The maximum Gasteiger partial charge on any atom is 0.251 e. The molecule has 1 saturated heterocycles. The predicted octanol–water partition coefficient (Wildman–Crippen LogP) is 1.85. The smallest absolute Gasteiger partial charge is 0.251 e. The van der Waals surface area contributed by atoms with E-state index in [-0.39, 0.29) is 17.2 Å². The van der Waals surface area contributed by atoms with Gasteiger partial charge in [-0.05, 0) is 77.3 Å². The van der Waals surface area contributed by atoms with Gasteiger partial charge in [-0.25, -0.2) is 0 Å². The zero-order valence-electron chi connectivity index (χ0n) is 14.7. The van der Waals surface area contributed by atoms with Crippen LogP contribution in [0.15, 0.2) is 18.2 Å². The molecule has 1 heterocycles. The summed E-state index contributed by atoms with van der Waals surface area (Å²) in [7, 11) is 4.19. The number of hydrogen-bond acceptors (Lipinski definition) is 4. The molecule has 0 aliphatic carbocycles. The topological polar surface area (TPSA) is 55.8 Å². The summed E-state index contributed by atoms with van der Waals surface area (Å²) in [4.78, 5) is 17.2. The van der Waals surface area contributed by atoms with Gasteiger partial charge < -0.3 is 20.2 Å². The first-order valence-electron chi connectivity index (χ1n) is 8.35. The molecule has 2 N–H and O–H groups in total. The summed E-state index contributed by atoms with van der Waals surface area (Å²) in [6.07, 6.45) is 2.12. The molecule has 0 bridgehead atoms. The first-order chi connectivity index (χ1) is 10.9. The van der Waals surface area contributed by atoms with Crippen LogP contribution >= 0.6 is 0 Å². The maximum atomic E-state index is 12.5. The Morgan fingerprint density at radius 3 is 2.52 bits per heavy atom. The van der Waals surface area contributed by atoms with E-state index in [4.69, 9.17) is 0 Å². The van der Waals surface area contributed by atoms with Crippen molar-refractivity contribution in [1.82, 2.24) is 15.1 Å². The summed E-state index contributed by atoms with van der Waals surface area (Å²) in [5.41, 5.74) is 1.44. The average Bonchev–Trinajstić information content (AvgIpc) is 2.53. The monoisotopic (exact) mass is 319 g/mol. The third kappa shape index (κ3) is 4.03. The van der Waals surface area contributed by atoms with Gasteiger partial charge in [-0.1, -0.05) is 6.92 Å². The van der Waals surface area contributed by atoms with Crippen molar-refractivity contribution in [3.05, 3.63) is 29.3 Å². The lowest BCUT2D eigenvalue weighted by Crippen LogP contribution is -2.58. The van der Waals surface area contributed by atoms with Crippen LogP contribution in [0.4, 0.5) is 0 Å². The molecule has 2 rings (SSSR count). The number of amides is 1. The van der Waals surface area contributed by atoms with Gasteiger partial charge in [0, 0.05) is 17.6 Å². The molecule has 1 aliphatic heterocycles.